The van der Waals surface area contributed by atoms with Crippen molar-refractivity contribution in [3.8, 4) is 0 Å². The van der Waals surface area contributed by atoms with Gasteiger partial charge in [0.25, 0.3) is 5.79 Å². The maximum absolute atomic E-state index is 13.1. The van der Waals surface area contributed by atoms with E-state index < -0.39 is 56.3 Å². The van der Waals surface area contributed by atoms with E-state index in [1.807, 2.05) is 20.8 Å². The number of methoxy groups -OCH3 is 2. The van der Waals surface area contributed by atoms with E-state index in [9.17, 15) is 9.59 Å². The summed E-state index contributed by atoms with van der Waals surface area (Å²) < 4.78 is 42.3. The van der Waals surface area contributed by atoms with E-state index >= 15 is 0 Å². The Hall–Kier alpha value is -1.08. The van der Waals surface area contributed by atoms with Crippen molar-refractivity contribution in [1.29, 1.82) is 0 Å². The van der Waals surface area contributed by atoms with Crippen LogP contribution in [-0.4, -0.2) is 89.7 Å². The lowest BCUT2D eigenvalue weighted by Gasteiger charge is -2.51. The molecule has 2 saturated heterocycles. The van der Waals surface area contributed by atoms with E-state index in [-0.39, 0.29) is 24.0 Å². The molecule has 0 aliphatic carbocycles. The van der Waals surface area contributed by atoms with Crippen LogP contribution in [0.3, 0.4) is 0 Å². The smallest absolute Gasteiger partial charge is 0.366 e. The number of esters is 1. The molecule has 0 aromatic rings. The highest BCUT2D eigenvalue weighted by Gasteiger charge is 2.59. The number of rotatable bonds is 10. The van der Waals surface area contributed by atoms with Crippen LogP contribution in [0.5, 0.6) is 0 Å². The van der Waals surface area contributed by atoms with Crippen molar-refractivity contribution < 1.29 is 42.4 Å². The average molecular weight is 534 g/mol. The summed E-state index contributed by atoms with van der Waals surface area (Å²) in [5.41, 5.74) is 0. The van der Waals surface area contributed by atoms with Crippen LogP contribution in [0.25, 0.3) is 0 Å². The molecule has 2 aliphatic heterocycles. The molecule has 6 atom stereocenters. The predicted molar refractivity (Wildman–Crippen MR) is 136 cm³/mol. The van der Waals surface area contributed by atoms with E-state index in [0.717, 1.165) is 6.42 Å². The standard InChI is InChI=1S/C25H47NO9Si/c1-12-13-31-20(18-15-32-24(6,7)33-18)21-19(26-16(2)27)17(35-36(10,11)23(3,4)5)14-25(30-9,34-21)22(28)29-8/h17-21H,12-15H2,1-11H3,(H,26,27)/t17-,18+,19+,20+,21+,25-/m0/s1. The van der Waals surface area contributed by atoms with Gasteiger partial charge in [0.2, 0.25) is 5.91 Å². The molecule has 0 radical (unpaired) electrons. The summed E-state index contributed by atoms with van der Waals surface area (Å²) in [6.45, 7) is 18.4. The molecule has 11 heteroatoms. The minimum atomic E-state index is -2.36. The van der Waals surface area contributed by atoms with Crippen LogP contribution in [-0.2, 0) is 42.4 Å². The van der Waals surface area contributed by atoms with Gasteiger partial charge in [-0.3, -0.25) is 4.79 Å². The molecule has 0 aromatic carbocycles. The highest BCUT2D eigenvalue weighted by atomic mass is 28.4. The molecule has 210 valence electrons. The Bertz CT molecular complexity index is 769. The van der Waals surface area contributed by atoms with Gasteiger partial charge >= 0.3 is 5.97 Å². The fourth-order valence-corrected chi connectivity index (χ4v) is 5.68. The number of carbonyl (C=O) groups excluding carboxylic acids is 2. The molecular formula is C25H47NO9Si. The van der Waals surface area contributed by atoms with E-state index in [1.165, 1.54) is 21.1 Å². The van der Waals surface area contributed by atoms with Crippen LogP contribution < -0.4 is 5.32 Å². The normalized spacial score (nSPS) is 31.6. The summed E-state index contributed by atoms with van der Waals surface area (Å²) >= 11 is 0. The lowest BCUT2D eigenvalue weighted by Crippen LogP contribution is -2.69. The fraction of sp³-hybridized carbons (Fsp3) is 0.920. The molecule has 2 aliphatic rings. The maximum Gasteiger partial charge on any atom is 0.366 e. The molecule has 1 amide bonds. The summed E-state index contributed by atoms with van der Waals surface area (Å²) in [5.74, 6) is -3.49. The quantitative estimate of drug-likeness (QED) is 0.334. The third-order valence-corrected chi connectivity index (χ3v) is 11.7. The zero-order valence-electron chi connectivity index (χ0n) is 23.9. The van der Waals surface area contributed by atoms with Crippen molar-refractivity contribution in [3.05, 3.63) is 0 Å². The highest BCUT2D eigenvalue weighted by Crippen LogP contribution is 2.43. The molecule has 2 fully saturated rings. The molecule has 0 unspecified atom stereocenters. The van der Waals surface area contributed by atoms with Crippen molar-refractivity contribution in [2.45, 2.75) is 121 Å². The van der Waals surface area contributed by atoms with Crippen LogP contribution >= 0.6 is 0 Å². The summed E-state index contributed by atoms with van der Waals surface area (Å²) in [6.07, 6.45) is -1.87. The van der Waals surface area contributed by atoms with Crippen LogP contribution in [0.15, 0.2) is 0 Å². The molecule has 1 N–H and O–H groups in total. The van der Waals surface area contributed by atoms with E-state index in [1.54, 1.807) is 0 Å². The molecule has 2 rings (SSSR count). The Morgan fingerprint density at radius 3 is 2.25 bits per heavy atom. The number of carbonyl (C=O) groups is 2. The van der Waals surface area contributed by atoms with Gasteiger partial charge in [-0.05, 0) is 38.4 Å². The van der Waals surface area contributed by atoms with Crippen molar-refractivity contribution in [3.63, 3.8) is 0 Å². The van der Waals surface area contributed by atoms with Crippen molar-refractivity contribution >= 4 is 20.2 Å². The Kier molecular flexibility index (Phi) is 10.2. The van der Waals surface area contributed by atoms with Crippen LogP contribution in [0, 0.1) is 0 Å². The minimum absolute atomic E-state index is 0.0398. The zero-order chi connectivity index (χ0) is 27.5. The first-order valence-corrected chi connectivity index (χ1v) is 15.6. The van der Waals surface area contributed by atoms with Gasteiger partial charge < -0.3 is 38.2 Å². The molecule has 36 heavy (non-hydrogen) atoms. The van der Waals surface area contributed by atoms with Gasteiger partial charge in [0, 0.05) is 27.1 Å². The van der Waals surface area contributed by atoms with Crippen molar-refractivity contribution in [2.75, 3.05) is 27.4 Å². The molecular weight excluding hydrogens is 486 g/mol. The topological polar surface area (TPSA) is 111 Å². The van der Waals surface area contributed by atoms with Gasteiger partial charge in [0.1, 0.15) is 18.3 Å². The molecule has 0 aromatic heterocycles. The predicted octanol–water partition coefficient (Wildman–Crippen LogP) is 3.13. The molecule has 0 saturated carbocycles. The first kappa shape index (κ1) is 31.1. The van der Waals surface area contributed by atoms with Gasteiger partial charge in [-0.2, -0.15) is 0 Å². The average Bonchev–Trinajstić information content (AvgIpc) is 3.13. The number of nitrogens with one attached hydrogen (secondary N) is 1. The Labute approximate surface area is 217 Å². The SMILES string of the molecule is CCCO[C@@H]([C@@H]1O[C@](OC)(C(=O)OC)C[C@H](O[Si](C)(C)C(C)(C)C)[C@H]1NC(C)=O)[C@H]1COC(C)(C)O1. The second-order valence-electron chi connectivity index (χ2n) is 11.6. The first-order valence-electron chi connectivity index (χ1n) is 12.7. The second-order valence-corrected chi connectivity index (χ2v) is 16.3. The maximum atomic E-state index is 13.1. The van der Waals surface area contributed by atoms with Crippen LogP contribution in [0.4, 0.5) is 0 Å². The second kappa shape index (κ2) is 11.8. The zero-order valence-corrected chi connectivity index (χ0v) is 24.9. The Balaban J connectivity index is 2.62. The van der Waals surface area contributed by atoms with Crippen molar-refractivity contribution in [2.24, 2.45) is 0 Å². The summed E-state index contributed by atoms with van der Waals surface area (Å²) in [5, 5.41) is 2.91. The van der Waals surface area contributed by atoms with Crippen LogP contribution in [0.1, 0.15) is 61.3 Å². The van der Waals surface area contributed by atoms with Gasteiger partial charge in [-0.25, -0.2) is 4.79 Å². The first-order chi connectivity index (χ1) is 16.5. The lowest BCUT2D eigenvalue weighted by atomic mass is 9.88. The Morgan fingerprint density at radius 2 is 1.81 bits per heavy atom. The van der Waals surface area contributed by atoms with E-state index in [4.69, 9.17) is 32.8 Å². The largest absolute Gasteiger partial charge is 0.465 e. The summed E-state index contributed by atoms with van der Waals surface area (Å²) in [7, 11) is 0.323. The monoisotopic (exact) mass is 533 g/mol. The summed E-state index contributed by atoms with van der Waals surface area (Å²) in [6, 6.07) is -0.640. The fourth-order valence-electron chi connectivity index (χ4n) is 4.34. The van der Waals surface area contributed by atoms with Gasteiger partial charge in [-0.1, -0.05) is 27.7 Å². The molecule has 0 bridgehead atoms. The van der Waals surface area contributed by atoms with E-state index in [2.05, 4.69) is 39.2 Å². The third kappa shape index (κ3) is 7.06. The number of hydrogen-bond donors (Lipinski definition) is 1. The number of ether oxygens (including phenoxy) is 6. The Morgan fingerprint density at radius 1 is 1.17 bits per heavy atom. The van der Waals surface area contributed by atoms with E-state index in [0.29, 0.717) is 6.61 Å². The van der Waals surface area contributed by atoms with Gasteiger partial charge in [-0.15, -0.1) is 0 Å². The van der Waals surface area contributed by atoms with Gasteiger partial charge in [0.15, 0.2) is 14.1 Å². The molecule has 0 spiro atoms. The number of hydrogen-bond acceptors (Lipinski definition) is 9. The molecule has 10 nitrogen and oxygen atoms in total. The molecule has 2 heterocycles. The summed E-state index contributed by atoms with van der Waals surface area (Å²) in [4.78, 5) is 25.5. The number of amides is 1. The lowest BCUT2D eigenvalue weighted by molar-refractivity contribution is -0.307. The van der Waals surface area contributed by atoms with Crippen molar-refractivity contribution in [1.82, 2.24) is 5.32 Å². The van der Waals surface area contributed by atoms with Gasteiger partial charge in [0.05, 0.1) is 25.9 Å². The van der Waals surface area contributed by atoms with Crippen LogP contribution in [0.2, 0.25) is 18.1 Å². The highest BCUT2D eigenvalue weighted by molar-refractivity contribution is 6.74. The minimum Gasteiger partial charge on any atom is -0.465 e. The third-order valence-electron chi connectivity index (χ3n) is 7.23.